The van der Waals surface area contributed by atoms with E-state index >= 15 is 0 Å². The molecule has 0 bridgehead atoms. The molecule has 1 aromatic heterocycles. The first kappa shape index (κ1) is 21.0. The van der Waals surface area contributed by atoms with Gasteiger partial charge in [-0.1, -0.05) is 31.4 Å². The first-order chi connectivity index (χ1) is 14.0. The Kier molecular flexibility index (Phi) is 6.95. The molecule has 3 rings (SSSR count). The Balaban J connectivity index is 1.82. The lowest BCUT2D eigenvalue weighted by molar-refractivity contribution is 0.306. The van der Waals surface area contributed by atoms with E-state index in [-0.39, 0.29) is 0 Å². The summed E-state index contributed by atoms with van der Waals surface area (Å²) < 4.78 is 8.18. The number of rotatable bonds is 9. The van der Waals surface area contributed by atoms with Gasteiger partial charge >= 0.3 is 0 Å². The van der Waals surface area contributed by atoms with Crippen molar-refractivity contribution in [2.45, 2.75) is 52.8 Å². The SMILES string of the molecule is C#Cc1ccc(COc2ccc3c(c2)c(CN(C)CCCC)nn3C(C)C)cc1. The van der Waals surface area contributed by atoms with Gasteiger partial charge in [0.05, 0.1) is 11.2 Å². The van der Waals surface area contributed by atoms with Crippen LogP contribution in [-0.2, 0) is 13.2 Å². The third-order valence-electron chi connectivity index (χ3n) is 5.08. The van der Waals surface area contributed by atoms with Crippen molar-refractivity contribution in [2.75, 3.05) is 13.6 Å². The Morgan fingerprint density at radius 1 is 1.17 bits per heavy atom. The fourth-order valence-corrected chi connectivity index (χ4v) is 3.41. The van der Waals surface area contributed by atoms with Crippen LogP contribution < -0.4 is 4.74 Å². The maximum absolute atomic E-state index is 6.07. The van der Waals surface area contributed by atoms with Crippen molar-refractivity contribution < 1.29 is 4.74 Å². The largest absolute Gasteiger partial charge is 0.489 e. The zero-order valence-corrected chi connectivity index (χ0v) is 18.0. The van der Waals surface area contributed by atoms with Gasteiger partial charge in [0.2, 0.25) is 0 Å². The summed E-state index contributed by atoms with van der Waals surface area (Å²) in [6, 6.07) is 14.5. The summed E-state index contributed by atoms with van der Waals surface area (Å²) >= 11 is 0. The van der Waals surface area contributed by atoms with Crippen molar-refractivity contribution >= 4 is 10.9 Å². The van der Waals surface area contributed by atoms with Crippen molar-refractivity contribution in [3.63, 3.8) is 0 Å². The second-order valence-corrected chi connectivity index (χ2v) is 7.89. The fourth-order valence-electron chi connectivity index (χ4n) is 3.41. The molecule has 0 saturated carbocycles. The lowest BCUT2D eigenvalue weighted by atomic mass is 10.1. The number of fused-ring (bicyclic) bond motifs is 1. The van der Waals surface area contributed by atoms with Gasteiger partial charge in [-0.15, -0.1) is 6.42 Å². The molecule has 0 aliphatic carbocycles. The van der Waals surface area contributed by atoms with Gasteiger partial charge in [-0.2, -0.15) is 5.10 Å². The van der Waals surface area contributed by atoms with E-state index in [1.165, 1.54) is 18.2 Å². The van der Waals surface area contributed by atoms with Crippen molar-refractivity contribution in [1.29, 1.82) is 0 Å². The molecule has 2 aromatic carbocycles. The molecule has 4 nitrogen and oxygen atoms in total. The average Bonchev–Trinajstić information content (AvgIpc) is 3.09. The number of aromatic nitrogens is 2. The summed E-state index contributed by atoms with van der Waals surface area (Å²) in [7, 11) is 2.16. The van der Waals surface area contributed by atoms with Crippen LogP contribution in [0.3, 0.4) is 0 Å². The Labute approximate surface area is 174 Å². The minimum absolute atomic E-state index is 0.314. The van der Waals surface area contributed by atoms with E-state index in [2.05, 4.69) is 55.5 Å². The van der Waals surface area contributed by atoms with Gasteiger partial charge in [0.15, 0.2) is 0 Å². The first-order valence-electron chi connectivity index (χ1n) is 10.4. The quantitative estimate of drug-likeness (QED) is 0.459. The fraction of sp³-hybridized carbons (Fsp3) is 0.400. The smallest absolute Gasteiger partial charge is 0.120 e. The molecule has 3 aromatic rings. The predicted octanol–water partition coefficient (Wildman–Crippen LogP) is 5.41. The monoisotopic (exact) mass is 389 g/mol. The van der Waals surface area contributed by atoms with Crippen LogP contribution in [0.2, 0.25) is 0 Å². The summed E-state index contributed by atoms with van der Waals surface area (Å²) in [5.41, 5.74) is 4.25. The molecule has 0 saturated heterocycles. The molecule has 0 unspecified atom stereocenters. The third kappa shape index (κ3) is 5.19. The highest BCUT2D eigenvalue weighted by Gasteiger charge is 2.15. The summed E-state index contributed by atoms with van der Waals surface area (Å²) in [5, 5.41) is 6.08. The van der Waals surface area contributed by atoms with E-state index in [1.54, 1.807) is 0 Å². The normalized spacial score (nSPS) is 11.3. The molecule has 4 heteroatoms. The average molecular weight is 390 g/mol. The predicted molar refractivity (Wildman–Crippen MR) is 120 cm³/mol. The van der Waals surface area contributed by atoms with Crippen LogP contribution in [0.5, 0.6) is 5.75 Å². The molecule has 0 aliphatic rings. The second-order valence-electron chi connectivity index (χ2n) is 7.89. The van der Waals surface area contributed by atoms with E-state index in [0.29, 0.717) is 12.6 Å². The summed E-state index contributed by atoms with van der Waals surface area (Å²) in [6.45, 7) is 8.99. The number of hydrogen-bond acceptors (Lipinski definition) is 3. The second kappa shape index (κ2) is 9.62. The number of terminal acetylenes is 1. The van der Waals surface area contributed by atoms with Crippen LogP contribution in [0.1, 0.15) is 56.5 Å². The maximum atomic E-state index is 6.07. The standard InChI is InChI=1S/C25H31N3O/c1-6-8-15-27(5)17-24-23-16-22(13-14-25(23)28(26-24)19(3)4)29-18-21-11-9-20(7-2)10-12-21/h2,9-14,16,19H,6,8,15,17-18H2,1,3-5H3. The van der Waals surface area contributed by atoms with Crippen LogP contribution >= 0.6 is 0 Å². The van der Waals surface area contributed by atoms with Crippen LogP contribution in [0, 0.1) is 12.3 Å². The van der Waals surface area contributed by atoms with Gasteiger partial charge in [-0.3, -0.25) is 4.68 Å². The van der Waals surface area contributed by atoms with Gasteiger partial charge in [0.25, 0.3) is 0 Å². The number of benzene rings is 2. The zero-order valence-electron chi connectivity index (χ0n) is 18.0. The molecule has 29 heavy (non-hydrogen) atoms. The third-order valence-corrected chi connectivity index (χ3v) is 5.08. The Bertz CT molecular complexity index is 980. The minimum Gasteiger partial charge on any atom is -0.489 e. The van der Waals surface area contributed by atoms with E-state index in [9.17, 15) is 0 Å². The van der Waals surface area contributed by atoms with Gasteiger partial charge in [-0.25, -0.2) is 0 Å². The Hall–Kier alpha value is -2.77. The number of hydrogen-bond donors (Lipinski definition) is 0. The molecule has 1 heterocycles. The van der Waals surface area contributed by atoms with Gasteiger partial charge < -0.3 is 9.64 Å². The number of unbranched alkanes of at least 4 members (excludes halogenated alkanes) is 1. The van der Waals surface area contributed by atoms with Crippen molar-refractivity contribution in [1.82, 2.24) is 14.7 Å². The molecule has 0 atom stereocenters. The van der Waals surface area contributed by atoms with Crippen LogP contribution in [0.15, 0.2) is 42.5 Å². The highest BCUT2D eigenvalue weighted by molar-refractivity contribution is 5.83. The zero-order chi connectivity index (χ0) is 20.8. The topological polar surface area (TPSA) is 30.3 Å². The highest BCUT2D eigenvalue weighted by atomic mass is 16.5. The number of nitrogens with zero attached hydrogens (tertiary/aromatic N) is 3. The molecule has 0 radical (unpaired) electrons. The van der Waals surface area contributed by atoms with Crippen molar-refractivity contribution in [2.24, 2.45) is 0 Å². The highest BCUT2D eigenvalue weighted by Crippen LogP contribution is 2.27. The molecule has 0 fully saturated rings. The van der Waals surface area contributed by atoms with Crippen LogP contribution in [0.4, 0.5) is 0 Å². The summed E-state index contributed by atoms with van der Waals surface area (Å²) in [4.78, 5) is 2.34. The van der Waals surface area contributed by atoms with Crippen molar-refractivity contribution in [3.8, 4) is 18.1 Å². The molecular formula is C25H31N3O. The van der Waals surface area contributed by atoms with Crippen LogP contribution in [0.25, 0.3) is 10.9 Å². The molecule has 0 aliphatic heterocycles. The molecule has 0 N–H and O–H groups in total. The summed E-state index contributed by atoms with van der Waals surface area (Å²) in [5.74, 6) is 3.50. The number of ether oxygens (including phenoxy) is 1. The van der Waals surface area contributed by atoms with E-state index in [0.717, 1.165) is 41.2 Å². The first-order valence-corrected chi connectivity index (χ1v) is 10.4. The molecule has 0 spiro atoms. The minimum atomic E-state index is 0.314. The van der Waals surface area contributed by atoms with Crippen LogP contribution in [-0.4, -0.2) is 28.3 Å². The Morgan fingerprint density at radius 2 is 1.93 bits per heavy atom. The molecular weight excluding hydrogens is 358 g/mol. The van der Waals surface area contributed by atoms with E-state index in [4.69, 9.17) is 16.3 Å². The molecule has 152 valence electrons. The van der Waals surface area contributed by atoms with Gasteiger partial charge in [-0.05, 0) is 69.8 Å². The Morgan fingerprint density at radius 3 is 2.59 bits per heavy atom. The summed E-state index contributed by atoms with van der Waals surface area (Å²) in [6.07, 6.45) is 7.82. The maximum Gasteiger partial charge on any atom is 0.120 e. The lowest BCUT2D eigenvalue weighted by Crippen LogP contribution is -2.19. The van der Waals surface area contributed by atoms with Gasteiger partial charge in [0.1, 0.15) is 12.4 Å². The van der Waals surface area contributed by atoms with Gasteiger partial charge in [0, 0.05) is 23.5 Å². The lowest BCUT2D eigenvalue weighted by Gasteiger charge is -2.14. The van der Waals surface area contributed by atoms with E-state index in [1.807, 2.05) is 30.3 Å². The van der Waals surface area contributed by atoms with E-state index < -0.39 is 0 Å². The molecule has 0 amide bonds. The van der Waals surface area contributed by atoms with Crippen molar-refractivity contribution in [3.05, 3.63) is 59.3 Å².